The van der Waals surface area contributed by atoms with Gasteiger partial charge in [-0.05, 0) is 35.1 Å². The summed E-state index contributed by atoms with van der Waals surface area (Å²) in [7, 11) is 0. The Kier molecular flexibility index (Phi) is 6.99. The van der Waals surface area contributed by atoms with Crippen molar-refractivity contribution in [2.24, 2.45) is 11.1 Å². The van der Waals surface area contributed by atoms with E-state index in [1.54, 1.807) is 29.4 Å². The lowest BCUT2D eigenvalue weighted by Crippen LogP contribution is -2.42. The molecule has 0 saturated carbocycles. The van der Waals surface area contributed by atoms with E-state index in [4.69, 9.17) is 5.73 Å². The number of hydrogen-bond donors (Lipinski definition) is 1. The number of allylic oxidation sites excluding steroid dienone is 3. The number of aromatic nitrogens is 3. The van der Waals surface area contributed by atoms with E-state index in [1.807, 2.05) is 19.9 Å². The van der Waals surface area contributed by atoms with Gasteiger partial charge < -0.3 is 5.73 Å². The number of nitriles is 1. The Hall–Kier alpha value is -3.69. The molecule has 1 aliphatic heterocycles. The molecule has 0 fully saturated rings. The average Bonchev–Trinajstić information content (AvgIpc) is 3.34. The third kappa shape index (κ3) is 5.29. The monoisotopic (exact) mass is 568 g/mol. The number of carbonyl (C=O) groups is 1. The lowest BCUT2D eigenvalue weighted by molar-refractivity contribution is -0.137. The number of thioether (sulfide) groups is 1. The Labute approximate surface area is 231 Å². The van der Waals surface area contributed by atoms with Gasteiger partial charge in [-0.1, -0.05) is 61.2 Å². The summed E-state index contributed by atoms with van der Waals surface area (Å²) in [6.07, 6.45) is -0.314. The van der Waals surface area contributed by atoms with Gasteiger partial charge in [-0.3, -0.25) is 14.7 Å². The molecular weight excluding hydrogens is 545 g/mol. The van der Waals surface area contributed by atoms with E-state index in [-0.39, 0.29) is 28.3 Å². The highest BCUT2D eigenvalue weighted by molar-refractivity contribution is 8.00. The first-order valence-electron chi connectivity index (χ1n) is 12.0. The van der Waals surface area contributed by atoms with Crippen molar-refractivity contribution in [3.05, 3.63) is 88.1 Å². The molecule has 3 heterocycles. The van der Waals surface area contributed by atoms with Crippen molar-refractivity contribution in [2.75, 3.05) is 4.90 Å². The molecule has 2 N–H and O–H groups in total. The average molecular weight is 569 g/mol. The van der Waals surface area contributed by atoms with Crippen LogP contribution in [0.2, 0.25) is 0 Å². The second kappa shape index (κ2) is 10.1. The number of halogens is 3. The maximum atomic E-state index is 13.5. The van der Waals surface area contributed by atoms with E-state index in [0.29, 0.717) is 44.7 Å². The molecule has 2 aromatic heterocycles. The molecule has 3 aromatic rings. The fourth-order valence-electron chi connectivity index (χ4n) is 4.94. The molecule has 7 nitrogen and oxygen atoms in total. The van der Waals surface area contributed by atoms with Crippen LogP contribution < -0.4 is 10.6 Å². The van der Waals surface area contributed by atoms with Gasteiger partial charge in [0.05, 0.1) is 23.1 Å². The molecule has 0 saturated heterocycles. The van der Waals surface area contributed by atoms with E-state index in [1.165, 1.54) is 29.2 Å². The Morgan fingerprint density at radius 3 is 2.72 bits per heavy atom. The first-order valence-corrected chi connectivity index (χ1v) is 13.8. The summed E-state index contributed by atoms with van der Waals surface area (Å²) in [5.74, 6) is -0.276. The summed E-state index contributed by atoms with van der Waals surface area (Å²) in [4.78, 5) is 19.4. The Balaban J connectivity index is 1.51. The van der Waals surface area contributed by atoms with E-state index >= 15 is 0 Å². The van der Waals surface area contributed by atoms with Crippen molar-refractivity contribution in [3.8, 4) is 6.07 Å². The molecule has 0 spiro atoms. The first-order chi connectivity index (χ1) is 18.5. The van der Waals surface area contributed by atoms with Gasteiger partial charge in [0.1, 0.15) is 5.82 Å². The largest absolute Gasteiger partial charge is 0.416 e. The van der Waals surface area contributed by atoms with Crippen LogP contribution in [-0.4, -0.2) is 21.0 Å². The molecule has 39 heavy (non-hydrogen) atoms. The number of alkyl halides is 3. The van der Waals surface area contributed by atoms with E-state index in [2.05, 4.69) is 21.3 Å². The molecule has 12 heteroatoms. The summed E-state index contributed by atoms with van der Waals surface area (Å²) >= 11 is 2.45. The fourth-order valence-corrected chi connectivity index (χ4v) is 6.76. The summed E-state index contributed by atoms with van der Waals surface area (Å²) in [5, 5.41) is 19.1. The topological polar surface area (TPSA) is 109 Å². The zero-order valence-electron chi connectivity index (χ0n) is 21.0. The lowest BCUT2D eigenvalue weighted by atomic mass is 9.69. The van der Waals surface area contributed by atoms with Gasteiger partial charge in [-0.25, -0.2) is 0 Å². The normalized spacial score (nSPS) is 19.2. The molecule has 1 aliphatic carbocycles. The number of carbonyl (C=O) groups excluding carboxylic acids is 1. The van der Waals surface area contributed by atoms with Crippen LogP contribution in [0.3, 0.4) is 0 Å². The van der Waals surface area contributed by atoms with Crippen LogP contribution in [0.5, 0.6) is 0 Å². The number of pyridine rings is 1. The highest BCUT2D eigenvalue weighted by Gasteiger charge is 2.45. The summed E-state index contributed by atoms with van der Waals surface area (Å²) in [5.41, 5.74) is 8.16. The highest BCUT2D eigenvalue weighted by Crippen LogP contribution is 2.50. The van der Waals surface area contributed by atoms with Gasteiger partial charge in [-0.2, -0.15) is 18.4 Å². The number of nitrogens with two attached hydrogens (primary N) is 1. The number of ketones is 1. The molecule has 200 valence electrons. The SMILES string of the molecule is CC1(C)CC(=O)C2=C(C1)N(c1nnc(SCc3cccc(C(F)(F)F)c3)s1)C(N)=C(C#N)[C@H]2c1cccnc1. The van der Waals surface area contributed by atoms with Crippen molar-refractivity contribution in [1.82, 2.24) is 15.2 Å². The quantitative estimate of drug-likeness (QED) is 0.363. The second-order valence-corrected chi connectivity index (χ2v) is 12.3. The number of rotatable bonds is 5. The van der Waals surface area contributed by atoms with E-state index in [0.717, 1.165) is 12.1 Å². The standard InChI is InChI=1S/C27H23F3N6OS2/c1-26(2)10-19-22(20(37)11-26)21(16-6-4-8-33-13-16)18(12-31)23(32)36(19)24-34-35-25(39-24)38-14-15-5-3-7-17(9-15)27(28,29)30/h3-9,13,21H,10-11,14,32H2,1-2H3/t21-/m1/s1. The Bertz CT molecular complexity index is 1540. The molecule has 0 amide bonds. The third-order valence-electron chi connectivity index (χ3n) is 6.60. The number of hydrogen-bond acceptors (Lipinski definition) is 9. The van der Waals surface area contributed by atoms with Crippen LogP contribution in [0, 0.1) is 16.7 Å². The minimum Gasteiger partial charge on any atom is -0.384 e. The van der Waals surface area contributed by atoms with E-state index in [9.17, 15) is 23.2 Å². The van der Waals surface area contributed by atoms with Gasteiger partial charge >= 0.3 is 6.18 Å². The smallest absolute Gasteiger partial charge is 0.384 e. The van der Waals surface area contributed by atoms with Gasteiger partial charge in [0.2, 0.25) is 5.13 Å². The molecule has 2 aliphatic rings. The Morgan fingerprint density at radius 2 is 2.03 bits per heavy atom. The van der Waals surface area contributed by atoms with Crippen LogP contribution in [0.15, 0.2) is 75.8 Å². The van der Waals surface area contributed by atoms with Crippen LogP contribution >= 0.6 is 23.1 Å². The van der Waals surface area contributed by atoms with E-state index < -0.39 is 17.7 Å². The van der Waals surface area contributed by atoms with Gasteiger partial charge in [-0.15, -0.1) is 10.2 Å². The maximum Gasteiger partial charge on any atom is 0.416 e. The highest BCUT2D eigenvalue weighted by atomic mass is 32.2. The number of anilines is 1. The fraction of sp³-hybridized carbons (Fsp3) is 0.296. The second-order valence-electron chi connectivity index (χ2n) is 10.1. The number of nitrogens with zero attached hydrogens (tertiary/aromatic N) is 5. The van der Waals surface area contributed by atoms with Gasteiger partial charge in [0.25, 0.3) is 0 Å². The molecule has 0 unspecified atom stereocenters. The first kappa shape index (κ1) is 26.9. The summed E-state index contributed by atoms with van der Waals surface area (Å²) in [6, 6.07) is 10.9. The molecule has 1 atom stereocenters. The molecular formula is C27H23F3N6OS2. The van der Waals surface area contributed by atoms with Crippen LogP contribution in [0.1, 0.15) is 49.3 Å². The zero-order valence-corrected chi connectivity index (χ0v) is 22.6. The van der Waals surface area contributed by atoms with Crippen molar-refractivity contribution < 1.29 is 18.0 Å². The van der Waals surface area contributed by atoms with Gasteiger partial charge in [0.15, 0.2) is 10.1 Å². The minimum absolute atomic E-state index is 0.0657. The van der Waals surface area contributed by atoms with Crippen LogP contribution in [-0.2, 0) is 16.7 Å². The van der Waals surface area contributed by atoms with Crippen molar-refractivity contribution >= 4 is 34.0 Å². The van der Waals surface area contributed by atoms with Crippen molar-refractivity contribution in [3.63, 3.8) is 0 Å². The zero-order chi connectivity index (χ0) is 27.9. The molecule has 0 radical (unpaired) electrons. The van der Waals surface area contributed by atoms with Crippen molar-refractivity contribution in [2.45, 2.75) is 48.9 Å². The van der Waals surface area contributed by atoms with Crippen LogP contribution in [0.4, 0.5) is 18.3 Å². The molecule has 0 bridgehead atoms. The number of benzene rings is 1. The Morgan fingerprint density at radius 1 is 1.23 bits per heavy atom. The van der Waals surface area contributed by atoms with Crippen LogP contribution in [0.25, 0.3) is 0 Å². The summed E-state index contributed by atoms with van der Waals surface area (Å²) in [6.45, 7) is 4.00. The number of Topliss-reactive ketones (excluding diaryl/α,β-unsaturated/α-hetero) is 1. The molecule has 1 aromatic carbocycles. The summed E-state index contributed by atoms with van der Waals surface area (Å²) < 4.78 is 39.8. The predicted molar refractivity (Wildman–Crippen MR) is 142 cm³/mol. The molecule has 5 rings (SSSR count). The lowest BCUT2D eigenvalue weighted by Gasteiger charge is -2.42. The maximum absolute atomic E-state index is 13.5. The van der Waals surface area contributed by atoms with Crippen molar-refractivity contribution in [1.29, 1.82) is 5.26 Å². The minimum atomic E-state index is -4.42. The van der Waals surface area contributed by atoms with Gasteiger partial charge in [0, 0.05) is 35.8 Å². The predicted octanol–water partition coefficient (Wildman–Crippen LogP) is 6.19. The third-order valence-corrected chi connectivity index (χ3v) is 8.72.